The fourth-order valence-electron chi connectivity index (χ4n) is 3.29. The van der Waals surface area contributed by atoms with Gasteiger partial charge in [0.2, 0.25) is 0 Å². The quantitative estimate of drug-likeness (QED) is 0.770. The first-order chi connectivity index (χ1) is 8.06. The maximum Gasteiger partial charge on any atom is 0.0693 e. The molecule has 0 amide bonds. The van der Waals surface area contributed by atoms with Crippen LogP contribution in [0.3, 0.4) is 0 Å². The van der Waals surface area contributed by atoms with E-state index in [1.165, 1.54) is 0 Å². The molecule has 0 spiro atoms. The van der Waals surface area contributed by atoms with Gasteiger partial charge in [-0.2, -0.15) is 0 Å². The Morgan fingerprint density at radius 3 is 2.53 bits per heavy atom. The van der Waals surface area contributed by atoms with E-state index in [0.717, 1.165) is 51.2 Å². The van der Waals surface area contributed by atoms with Crippen molar-refractivity contribution in [1.82, 2.24) is 4.90 Å². The van der Waals surface area contributed by atoms with Crippen LogP contribution in [-0.4, -0.2) is 47.0 Å². The Labute approximate surface area is 105 Å². The lowest BCUT2D eigenvalue weighted by Gasteiger charge is -2.39. The fourth-order valence-corrected chi connectivity index (χ4v) is 3.29. The molecule has 1 heterocycles. The first-order valence-electron chi connectivity index (χ1n) is 7.14. The molecule has 0 radical (unpaired) electrons. The highest BCUT2D eigenvalue weighted by atomic mass is 16.3. The first kappa shape index (κ1) is 13.3. The van der Waals surface area contributed by atoms with E-state index in [4.69, 9.17) is 0 Å². The van der Waals surface area contributed by atoms with Crippen LogP contribution < -0.4 is 0 Å². The van der Waals surface area contributed by atoms with Crippen LogP contribution in [0.15, 0.2) is 0 Å². The highest BCUT2D eigenvalue weighted by Crippen LogP contribution is 2.30. The van der Waals surface area contributed by atoms with Crippen molar-refractivity contribution >= 4 is 0 Å². The fraction of sp³-hybridized carbons (Fsp3) is 1.00. The summed E-state index contributed by atoms with van der Waals surface area (Å²) in [5.41, 5.74) is 0. The van der Waals surface area contributed by atoms with E-state index in [2.05, 4.69) is 18.7 Å². The van der Waals surface area contributed by atoms with E-state index in [0.29, 0.717) is 11.8 Å². The van der Waals surface area contributed by atoms with Gasteiger partial charge in [-0.1, -0.05) is 13.8 Å². The van der Waals surface area contributed by atoms with Crippen molar-refractivity contribution in [1.29, 1.82) is 0 Å². The zero-order chi connectivity index (χ0) is 12.4. The summed E-state index contributed by atoms with van der Waals surface area (Å²) in [7, 11) is 0. The largest absolute Gasteiger partial charge is 0.393 e. The standard InChI is InChI=1S/C14H27NO2/c1-10-3-4-13(16)12(7-10)8-15-6-5-11(2)14(17)9-15/h10-14,16-17H,3-9H2,1-2H3. The third kappa shape index (κ3) is 3.43. The van der Waals surface area contributed by atoms with Crippen LogP contribution in [0.1, 0.15) is 39.5 Å². The minimum atomic E-state index is -0.179. The molecule has 3 heteroatoms. The molecular weight excluding hydrogens is 214 g/mol. The van der Waals surface area contributed by atoms with Crippen molar-refractivity contribution in [3.8, 4) is 0 Å². The van der Waals surface area contributed by atoms with Crippen LogP contribution in [0.4, 0.5) is 0 Å². The van der Waals surface area contributed by atoms with Gasteiger partial charge in [-0.3, -0.25) is 0 Å². The van der Waals surface area contributed by atoms with E-state index in [1.807, 2.05) is 0 Å². The number of aliphatic hydroxyl groups excluding tert-OH is 2. The van der Waals surface area contributed by atoms with E-state index < -0.39 is 0 Å². The van der Waals surface area contributed by atoms with E-state index in [-0.39, 0.29) is 12.2 Å². The molecular formula is C14H27NO2. The lowest BCUT2D eigenvalue weighted by molar-refractivity contribution is -0.00923. The number of piperidine rings is 1. The summed E-state index contributed by atoms with van der Waals surface area (Å²) < 4.78 is 0. The van der Waals surface area contributed by atoms with Crippen molar-refractivity contribution in [2.24, 2.45) is 17.8 Å². The Kier molecular flexibility index (Phi) is 4.45. The summed E-state index contributed by atoms with van der Waals surface area (Å²) in [5.74, 6) is 1.60. The summed E-state index contributed by atoms with van der Waals surface area (Å²) in [4.78, 5) is 2.34. The number of aliphatic hydroxyl groups is 2. The minimum absolute atomic E-state index is 0.123. The highest BCUT2D eigenvalue weighted by molar-refractivity contribution is 4.84. The van der Waals surface area contributed by atoms with Gasteiger partial charge in [0, 0.05) is 13.1 Å². The van der Waals surface area contributed by atoms with Gasteiger partial charge >= 0.3 is 0 Å². The third-order valence-corrected chi connectivity index (χ3v) is 4.70. The second-order valence-electron chi connectivity index (χ2n) is 6.34. The number of hydrogen-bond acceptors (Lipinski definition) is 3. The lowest BCUT2D eigenvalue weighted by Crippen LogP contribution is -2.47. The summed E-state index contributed by atoms with van der Waals surface area (Å²) >= 11 is 0. The zero-order valence-electron chi connectivity index (χ0n) is 11.2. The molecule has 5 atom stereocenters. The van der Waals surface area contributed by atoms with Gasteiger partial charge < -0.3 is 15.1 Å². The second-order valence-corrected chi connectivity index (χ2v) is 6.34. The minimum Gasteiger partial charge on any atom is -0.393 e. The number of β-amino-alcohol motifs (C(OH)–C–C–N with tert-alkyl or cyclic N) is 1. The van der Waals surface area contributed by atoms with Crippen molar-refractivity contribution in [2.75, 3.05) is 19.6 Å². The van der Waals surface area contributed by atoms with E-state index in [1.54, 1.807) is 0 Å². The summed E-state index contributed by atoms with van der Waals surface area (Å²) in [6.07, 6.45) is 4.04. The smallest absolute Gasteiger partial charge is 0.0693 e. The van der Waals surface area contributed by atoms with Crippen LogP contribution in [0.5, 0.6) is 0 Å². The predicted molar refractivity (Wildman–Crippen MR) is 68.7 cm³/mol. The number of likely N-dealkylation sites (tertiary alicyclic amines) is 1. The summed E-state index contributed by atoms with van der Waals surface area (Å²) in [6.45, 7) is 7.25. The van der Waals surface area contributed by atoms with E-state index in [9.17, 15) is 10.2 Å². The second kappa shape index (κ2) is 5.68. The molecule has 2 rings (SSSR count). The van der Waals surface area contributed by atoms with E-state index >= 15 is 0 Å². The maximum absolute atomic E-state index is 10.0. The monoisotopic (exact) mass is 241 g/mol. The molecule has 2 aliphatic rings. The Bertz CT molecular complexity index is 246. The van der Waals surface area contributed by atoms with Gasteiger partial charge in [0.25, 0.3) is 0 Å². The van der Waals surface area contributed by atoms with Gasteiger partial charge in [0.1, 0.15) is 0 Å². The molecule has 5 unspecified atom stereocenters. The van der Waals surface area contributed by atoms with Crippen molar-refractivity contribution in [2.45, 2.75) is 51.7 Å². The van der Waals surface area contributed by atoms with Crippen LogP contribution in [0.2, 0.25) is 0 Å². The number of hydrogen-bond donors (Lipinski definition) is 2. The van der Waals surface area contributed by atoms with Crippen molar-refractivity contribution < 1.29 is 10.2 Å². The zero-order valence-corrected chi connectivity index (χ0v) is 11.2. The normalized spacial score (nSPS) is 44.8. The highest BCUT2D eigenvalue weighted by Gasteiger charge is 2.31. The molecule has 3 nitrogen and oxygen atoms in total. The lowest BCUT2D eigenvalue weighted by atomic mass is 9.79. The Hall–Kier alpha value is -0.120. The molecule has 0 aromatic carbocycles. The number of rotatable bonds is 2. The molecule has 17 heavy (non-hydrogen) atoms. The molecule has 1 saturated heterocycles. The van der Waals surface area contributed by atoms with Crippen LogP contribution in [0.25, 0.3) is 0 Å². The van der Waals surface area contributed by atoms with Gasteiger partial charge in [0.05, 0.1) is 12.2 Å². The average Bonchev–Trinajstić information content (AvgIpc) is 2.29. The van der Waals surface area contributed by atoms with Gasteiger partial charge in [-0.25, -0.2) is 0 Å². The van der Waals surface area contributed by atoms with Gasteiger partial charge in [-0.05, 0) is 50.0 Å². The molecule has 1 aliphatic carbocycles. The predicted octanol–water partition coefficient (Wildman–Crippen LogP) is 1.49. The SMILES string of the molecule is CC1CCC(O)C(CN2CCC(C)C(O)C2)C1. The Morgan fingerprint density at radius 2 is 1.82 bits per heavy atom. The molecule has 1 saturated carbocycles. The first-order valence-corrected chi connectivity index (χ1v) is 7.14. The Balaban J connectivity index is 1.83. The molecule has 0 aromatic heterocycles. The van der Waals surface area contributed by atoms with Crippen LogP contribution in [0, 0.1) is 17.8 Å². The maximum atomic E-state index is 10.0. The number of nitrogens with zero attached hydrogens (tertiary/aromatic N) is 1. The van der Waals surface area contributed by atoms with Crippen molar-refractivity contribution in [3.05, 3.63) is 0 Å². The molecule has 2 fully saturated rings. The molecule has 2 N–H and O–H groups in total. The molecule has 1 aliphatic heterocycles. The summed E-state index contributed by atoms with van der Waals surface area (Å²) in [5, 5.41) is 19.9. The molecule has 100 valence electrons. The third-order valence-electron chi connectivity index (χ3n) is 4.70. The van der Waals surface area contributed by atoms with Gasteiger partial charge in [0.15, 0.2) is 0 Å². The molecule has 0 aromatic rings. The van der Waals surface area contributed by atoms with Gasteiger partial charge in [-0.15, -0.1) is 0 Å². The average molecular weight is 241 g/mol. The van der Waals surface area contributed by atoms with Crippen LogP contribution >= 0.6 is 0 Å². The van der Waals surface area contributed by atoms with Crippen molar-refractivity contribution in [3.63, 3.8) is 0 Å². The molecule has 0 bridgehead atoms. The van der Waals surface area contributed by atoms with Crippen LogP contribution in [-0.2, 0) is 0 Å². The Morgan fingerprint density at radius 1 is 1.06 bits per heavy atom. The summed E-state index contributed by atoms with van der Waals surface area (Å²) in [6, 6.07) is 0. The topological polar surface area (TPSA) is 43.7 Å².